The molecular formula is C17H12FNO2. The number of benzene rings is 2. The third kappa shape index (κ3) is 3.34. The van der Waals surface area contributed by atoms with E-state index in [2.05, 4.69) is 0 Å². The molecule has 0 heterocycles. The van der Waals surface area contributed by atoms with Gasteiger partial charge in [0.05, 0.1) is 7.11 Å². The number of allylic oxidation sites excluding steroid dienone is 1. The van der Waals surface area contributed by atoms with Crippen LogP contribution >= 0.6 is 0 Å². The van der Waals surface area contributed by atoms with E-state index < -0.39 is 11.6 Å². The second kappa shape index (κ2) is 6.49. The quantitative estimate of drug-likeness (QED) is 0.488. The summed E-state index contributed by atoms with van der Waals surface area (Å²) in [5.41, 5.74) is 0.432. The maximum Gasteiger partial charge on any atom is 0.203 e. The van der Waals surface area contributed by atoms with E-state index in [1.807, 2.05) is 6.07 Å². The van der Waals surface area contributed by atoms with Gasteiger partial charge in [0.15, 0.2) is 0 Å². The average Bonchev–Trinajstić information content (AvgIpc) is 2.53. The summed E-state index contributed by atoms with van der Waals surface area (Å²) >= 11 is 0. The van der Waals surface area contributed by atoms with Crippen LogP contribution in [0.3, 0.4) is 0 Å². The predicted molar refractivity (Wildman–Crippen MR) is 77.3 cm³/mol. The van der Waals surface area contributed by atoms with Crippen LogP contribution < -0.4 is 4.74 Å². The summed E-state index contributed by atoms with van der Waals surface area (Å²) in [7, 11) is 1.52. The van der Waals surface area contributed by atoms with E-state index in [9.17, 15) is 9.18 Å². The number of hydrogen-bond acceptors (Lipinski definition) is 3. The molecule has 2 aromatic carbocycles. The lowest BCUT2D eigenvalue weighted by Gasteiger charge is -2.03. The summed E-state index contributed by atoms with van der Waals surface area (Å²) in [6.07, 6.45) is 1.25. The summed E-state index contributed by atoms with van der Waals surface area (Å²) in [5, 5.41) is 9.12. The third-order valence-electron chi connectivity index (χ3n) is 2.92. The number of Topliss-reactive ketones (excluding diaryl/α,β-unsaturated/α-hetero) is 1. The molecule has 4 heteroatoms. The molecule has 0 fully saturated rings. The first kappa shape index (κ1) is 14.5. The van der Waals surface area contributed by atoms with E-state index in [0.29, 0.717) is 11.3 Å². The topological polar surface area (TPSA) is 50.1 Å². The molecule has 2 rings (SSSR count). The first-order valence-electron chi connectivity index (χ1n) is 6.21. The number of nitriles is 1. The van der Waals surface area contributed by atoms with Crippen molar-refractivity contribution in [1.29, 1.82) is 5.26 Å². The van der Waals surface area contributed by atoms with Crippen molar-refractivity contribution in [1.82, 2.24) is 0 Å². The minimum absolute atomic E-state index is 0.120. The van der Waals surface area contributed by atoms with Crippen molar-refractivity contribution in [3.05, 3.63) is 71.0 Å². The first-order valence-corrected chi connectivity index (χ1v) is 6.21. The molecule has 0 amide bonds. The Morgan fingerprint density at radius 2 is 1.86 bits per heavy atom. The van der Waals surface area contributed by atoms with Crippen LogP contribution in [0.1, 0.15) is 15.9 Å². The van der Waals surface area contributed by atoms with Gasteiger partial charge in [-0.3, -0.25) is 4.79 Å². The Kier molecular flexibility index (Phi) is 4.47. The van der Waals surface area contributed by atoms with E-state index in [1.54, 1.807) is 36.4 Å². The van der Waals surface area contributed by atoms with Gasteiger partial charge in [-0.05, 0) is 36.4 Å². The lowest BCUT2D eigenvalue weighted by atomic mass is 10.0. The molecule has 3 nitrogen and oxygen atoms in total. The number of nitrogens with zero attached hydrogens (tertiary/aromatic N) is 1. The number of methoxy groups -OCH3 is 1. The van der Waals surface area contributed by atoms with Crippen molar-refractivity contribution in [2.24, 2.45) is 0 Å². The SMILES string of the molecule is COc1ccc(C(=O)/C(C#N)=C/c2ccccc2F)cc1. The highest BCUT2D eigenvalue weighted by molar-refractivity contribution is 6.14. The fraction of sp³-hybridized carbons (Fsp3) is 0.0588. The van der Waals surface area contributed by atoms with Crippen LogP contribution in [0.25, 0.3) is 6.08 Å². The highest BCUT2D eigenvalue weighted by Gasteiger charge is 2.13. The van der Waals surface area contributed by atoms with Crippen LogP contribution in [0.5, 0.6) is 5.75 Å². The molecule has 0 aliphatic heterocycles. The largest absolute Gasteiger partial charge is 0.497 e. The van der Waals surface area contributed by atoms with Gasteiger partial charge in [0.2, 0.25) is 5.78 Å². The number of ketones is 1. The molecule has 2 aromatic rings. The van der Waals surface area contributed by atoms with Gasteiger partial charge in [0.1, 0.15) is 23.2 Å². The molecule has 0 unspecified atom stereocenters. The zero-order chi connectivity index (χ0) is 15.2. The summed E-state index contributed by atoms with van der Waals surface area (Å²) in [5.74, 6) is -0.320. The van der Waals surface area contributed by atoms with Gasteiger partial charge in [-0.2, -0.15) is 5.26 Å². The lowest BCUT2D eigenvalue weighted by Crippen LogP contribution is -2.02. The maximum atomic E-state index is 13.6. The lowest BCUT2D eigenvalue weighted by molar-refractivity contribution is 0.104. The van der Waals surface area contributed by atoms with Gasteiger partial charge < -0.3 is 4.74 Å². The Bertz CT molecular complexity index is 727. The summed E-state index contributed by atoms with van der Waals surface area (Å²) < 4.78 is 18.6. The summed E-state index contributed by atoms with van der Waals surface area (Å²) in [4.78, 5) is 12.2. The normalized spacial score (nSPS) is 10.8. The monoisotopic (exact) mass is 281 g/mol. The van der Waals surface area contributed by atoms with Gasteiger partial charge in [0, 0.05) is 11.1 Å². The van der Waals surface area contributed by atoms with E-state index in [-0.39, 0.29) is 11.1 Å². The van der Waals surface area contributed by atoms with Crippen LogP contribution in [0.15, 0.2) is 54.1 Å². The third-order valence-corrected chi connectivity index (χ3v) is 2.92. The molecule has 0 radical (unpaired) electrons. The fourth-order valence-corrected chi connectivity index (χ4v) is 1.79. The smallest absolute Gasteiger partial charge is 0.203 e. The number of hydrogen-bond donors (Lipinski definition) is 0. The van der Waals surface area contributed by atoms with Crippen molar-refractivity contribution in [2.45, 2.75) is 0 Å². The van der Waals surface area contributed by atoms with Crippen LogP contribution in [0.2, 0.25) is 0 Å². The van der Waals surface area contributed by atoms with Crippen LogP contribution in [-0.4, -0.2) is 12.9 Å². The molecule has 0 saturated carbocycles. The molecule has 21 heavy (non-hydrogen) atoms. The van der Waals surface area contributed by atoms with Crippen molar-refractivity contribution in [3.63, 3.8) is 0 Å². The molecule has 0 aliphatic carbocycles. The molecule has 0 saturated heterocycles. The Morgan fingerprint density at radius 1 is 1.19 bits per heavy atom. The van der Waals surface area contributed by atoms with Gasteiger partial charge in [-0.15, -0.1) is 0 Å². The number of rotatable bonds is 4. The molecule has 0 aromatic heterocycles. The Morgan fingerprint density at radius 3 is 2.43 bits per heavy atom. The van der Waals surface area contributed by atoms with Crippen LogP contribution in [0, 0.1) is 17.1 Å². The fourth-order valence-electron chi connectivity index (χ4n) is 1.79. The molecular weight excluding hydrogens is 269 g/mol. The van der Waals surface area contributed by atoms with E-state index >= 15 is 0 Å². The van der Waals surface area contributed by atoms with E-state index in [1.165, 1.54) is 25.3 Å². The average molecular weight is 281 g/mol. The van der Waals surface area contributed by atoms with Crippen molar-refractivity contribution in [2.75, 3.05) is 7.11 Å². The predicted octanol–water partition coefficient (Wildman–Crippen LogP) is 3.62. The number of halogens is 1. The molecule has 0 atom stereocenters. The Balaban J connectivity index is 2.35. The van der Waals surface area contributed by atoms with E-state index in [0.717, 1.165) is 0 Å². The number of carbonyl (C=O) groups excluding carboxylic acids is 1. The van der Waals surface area contributed by atoms with Crippen molar-refractivity contribution in [3.8, 4) is 11.8 Å². The molecule has 104 valence electrons. The van der Waals surface area contributed by atoms with Gasteiger partial charge in [-0.1, -0.05) is 18.2 Å². The zero-order valence-electron chi connectivity index (χ0n) is 11.3. The summed E-state index contributed by atoms with van der Waals surface area (Å²) in [6, 6.07) is 14.2. The second-order valence-electron chi connectivity index (χ2n) is 4.25. The Labute approximate surface area is 121 Å². The van der Waals surface area contributed by atoms with Crippen LogP contribution in [0.4, 0.5) is 4.39 Å². The number of carbonyl (C=O) groups is 1. The minimum Gasteiger partial charge on any atom is -0.497 e. The van der Waals surface area contributed by atoms with Crippen LogP contribution in [-0.2, 0) is 0 Å². The molecule has 0 N–H and O–H groups in total. The van der Waals surface area contributed by atoms with Gasteiger partial charge in [-0.25, -0.2) is 4.39 Å². The van der Waals surface area contributed by atoms with Gasteiger partial charge >= 0.3 is 0 Å². The first-order chi connectivity index (χ1) is 10.2. The maximum absolute atomic E-state index is 13.6. The highest BCUT2D eigenvalue weighted by Crippen LogP contribution is 2.17. The van der Waals surface area contributed by atoms with Crippen molar-refractivity contribution >= 4 is 11.9 Å². The minimum atomic E-state index is -0.479. The van der Waals surface area contributed by atoms with E-state index in [4.69, 9.17) is 10.00 Å². The molecule has 0 aliphatic rings. The molecule has 0 bridgehead atoms. The standard InChI is InChI=1S/C17H12FNO2/c1-21-15-8-6-12(7-9-15)17(20)14(11-19)10-13-4-2-3-5-16(13)18/h2-10H,1H3/b14-10+. The van der Waals surface area contributed by atoms with Crippen molar-refractivity contribution < 1.29 is 13.9 Å². The Hall–Kier alpha value is -2.93. The second-order valence-corrected chi connectivity index (χ2v) is 4.25. The highest BCUT2D eigenvalue weighted by atomic mass is 19.1. The zero-order valence-corrected chi connectivity index (χ0v) is 11.3. The number of ether oxygens (including phenoxy) is 1. The summed E-state index contributed by atoms with van der Waals surface area (Å²) in [6.45, 7) is 0. The van der Waals surface area contributed by atoms with Gasteiger partial charge in [0.25, 0.3) is 0 Å². The molecule has 0 spiro atoms.